The summed E-state index contributed by atoms with van der Waals surface area (Å²) < 4.78 is 0. The Hall–Kier alpha value is -0.220. The third-order valence-corrected chi connectivity index (χ3v) is 6.08. The van der Waals surface area contributed by atoms with Crippen molar-refractivity contribution in [3.05, 3.63) is 0 Å². The van der Waals surface area contributed by atoms with Gasteiger partial charge in [-0.05, 0) is 50.7 Å². The molecule has 4 heteroatoms. The fourth-order valence-electron chi connectivity index (χ4n) is 3.11. The van der Waals surface area contributed by atoms with Gasteiger partial charge in [-0.2, -0.15) is 11.8 Å². The summed E-state index contributed by atoms with van der Waals surface area (Å²) in [6, 6.07) is 0.217. The molecule has 2 N–H and O–H groups in total. The molecule has 118 valence electrons. The maximum Gasteiger partial charge on any atom is 0.324 e. The van der Waals surface area contributed by atoms with Crippen molar-refractivity contribution in [2.45, 2.75) is 77.1 Å². The Morgan fingerprint density at radius 3 is 2.50 bits per heavy atom. The Balaban J connectivity index is 2.60. The van der Waals surface area contributed by atoms with Crippen LogP contribution in [0, 0.1) is 11.8 Å². The zero-order valence-corrected chi connectivity index (χ0v) is 14.4. The van der Waals surface area contributed by atoms with Crippen molar-refractivity contribution in [1.82, 2.24) is 5.32 Å². The topological polar surface area (TPSA) is 49.3 Å². The van der Waals surface area contributed by atoms with E-state index in [9.17, 15) is 9.90 Å². The highest BCUT2D eigenvalue weighted by atomic mass is 32.2. The minimum atomic E-state index is -0.685. The SMILES string of the molecule is CC(C)NC1(C(=O)O)CCCC1CCSC(C)C(C)C. The molecule has 0 heterocycles. The van der Waals surface area contributed by atoms with Crippen LogP contribution < -0.4 is 5.32 Å². The molecule has 0 spiro atoms. The maximum absolute atomic E-state index is 11.8. The summed E-state index contributed by atoms with van der Waals surface area (Å²) in [5.74, 6) is 1.37. The Kier molecular flexibility index (Phi) is 6.86. The molecule has 1 saturated carbocycles. The van der Waals surface area contributed by atoms with Gasteiger partial charge in [0, 0.05) is 11.3 Å². The second-order valence-electron chi connectivity index (χ2n) is 6.77. The fourth-order valence-corrected chi connectivity index (χ4v) is 4.28. The molecule has 1 aliphatic carbocycles. The van der Waals surface area contributed by atoms with E-state index in [-0.39, 0.29) is 12.0 Å². The third kappa shape index (κ3) is 4.39. The summed E-state index contributed by atoms with van der Waals surface area (Å²) in [5, 5.41) is 13.7. The van der Waals surface area contributed by atoms with Gasteiger partial charge in [0.1, 0.15) is 5.54 Å². The van der Waals surface area contributed by atoms with Crippen molar-refractivity contribution in [1.29, 1.82) is 0 Å². The highest BCUT2D eigenvalue weighted by Crippen LogP contribution is 2.39. The van der Waals surface area contributed by atoms with Crippen LogP contribution in [-0.4, -0.2) is 33.7 Å². The molecule has 3 unspecified atom stereocenters. The predicted molar refractivity (Wildman–Crippen MR) is 87.4 cm³/mol. The van der Waals surface area contributed by atoms with Crippen LogP contribution in [0.3, 0.4) is 0 Å². The zero-order chi connectivity index (χ0) is 15.3. The average Bonchev–Trinajstić information content (AvgIpc) is 2.72. The number of carboxylic acid groups (broad SMARTS) is 1. The number of aliphatic carboxylic acids is 1. The van der Waals surface area contributed by atoms with Crippen LogP contribution >= 0.6 is 11.8 Å². The minimum absolute atomic E-state index is 0.217. The molecule has 0 saturated heterocycles. The number of carbonyl (C=O) groups is 1. The van der Waals surface area contributed by atoms with Crippen molar-refractivity contribution in [3.8, 4) is 0 Å². The van der Waals surface area contributed by atoms with Crippen LogP contribution in [0.4, 0.5) is 0 Å². The molecule has 1 rings (SSSR count). The van der Waals surface area contributed by atoms with Crippen molar-refractivity contribution in [2.75, 3.05) is 5.75 Å². The lowest BCUT2D eigenvalue weighted by Gasteiger charge is -2.34. The van der Waals surface area contributed by atoms with Gasteiger partial charge in [0.2, 0.25) is 0 Å². The monoisotopic (exact) mass is 301 g/mol. The Labute approximate surface area is 128 Å². The first-order valence-electron chi connectivity index (χ1n) is 7.92. The number of carboxylic acids is 1. The van der Waals surface area contributed by atoms with E-state index in [0.717, 1.165) is 31.4 Å². The lowest BCUT2D eigenvalue weighted by atomic mass is 9.84. The van der Waals surface area contributed by atoms with E-state index in [1.54, 1.807) is 0 Å². The van der Waals surface area contributed by atoms with Gasteiger partial charge in [0.25, 0.3) is 0 Å². The van der Waals surface area contributed by atoms with E-state index in [4.69, 9.17) is 0 Å². The van der Waals surface area contributed by atoms with Gasteiger partial charge in [-0.25, -0.2) is 0 Å². The molecular weight excluding hydrogens is 270 g/mol. The van der Waals surface area contributed by atoms with Crippen molar-refractivity contribution in [3.63, 3.8) is 0 Å². The van der Waals surface area contributed by atoms with Crippen LogP contribution in [0.15, 0.2) is 0 Å². The van der Waals surface area contributed by atoms with E-state index in [1.165, 1.54) is 0 Å². The fraction of sp³-hybridized carbons (Fsp3) is 0.938. The summed E-state index contributed by atoms with van der Waals surface area (Å²) >= 11 is 1.98. The van der Waals surface area contributed by atoms with Crippen LogP contribution in [0.5, 0.6) is 0 Å². The first kappa shape index (κ1) is 17.8. The van der Waals surface area contributed by atoms with Gasteiger partial charge < -0.3 is 5.11 Å². The van der Waals surface area contributed by atoms with E-state index in [1.807, 2.05) is 25.6 Å². The summed E-state index contributed by atoms with van der Waals surface area (Å²) in [7, 11) is 0. The molecule has 0 radical (unpaired) electrons. The second kappa shape index (κ2) is 7.69. The van der Waals surface area contributed by atoms with Crippen molar-refractivity contribution < 1.29 is 9.90 Å². The summed E-state index contributed by atoms with van der Waals surface area (Å²) in [5.41, 5.74) is -0.685. The minimum Gasteiger partial charge on any atom is -0.480 e. The Morgan fingerprint density at radius 1 is 1.35 bits per heavy atom. The van der Waals surface area contributed by atoms with Crippen molar-refractivity contribution in [2.24, 2.45) is 11.8 Å². The molecule has 3 atom stereocenters. The number of rotatable bonds is 8. The third-order valence-electron chi connectivity index (χ3n) is 4.53. The molecular formula is C16H31NO2S. The van der Waals surface area contributed by atoms with Gasteiger partial charge >= 0.3 is 5.97 Å². The van der Waals surface area contributed by atoms with E-state index < -0.39 is 11.5 Å². The molecule has 0 bridgehead atoms. The Morgan fingerprint density at radius 2 is 2.00 bits per heavy atom. The number of nitrogens with one attached hydrogen (secondary N) is 1. The maximum atomic E-state index is 11.8. The van der Waals surface area contributed by atoms with Crippen LogP contribution in [0.2, 0.25) is 0 Å². The molecule has 0 amide bonds. The highest BCUT2D eigenvalue weighted by molar-refractivity contribution is 7.99. The van der Waals surface area contributed by atoms with Gasteiger partial charge in [0.15, 0.2) is 0 Å². The molecule has 0 aliphatic heterocycles. The molecule has 0 aromatic carbocycles. The molecule has 0 aromatic rings. The molecule has 1 aliphatic rings. The van der Waals surface area contributed by atoms with Gasteiger partial charge in [-0.1, -0.05) is 27.2 Å². The second-order valence-corrected chi connectivity index (χ2v) is 8.26. The first-order valence-corrected chi connectivity index (χ1v) is 8.97. The lowest BCUT2D eigenvalue weighted by Crippen LogP contribution is -2.57. The lowest BCUT2D eigenvalue weighted by molar-refractivity contribution is -0.147. The van der Waals surface area contributed by atoms with Gasteiger partial charge in [-0.3, -0.25) is 10.1 Å². The van der Waals surface area contributed by atoms with Crippen LogP contribution in [-0.2, 0) is 4.79 Å². The Bertz CT molecular complexity index is 320. The number of thioether (sulfide) groups is 1. The van der Waals surface area contributed by atoms with Crippen molar-refractivity contribution >= 4 is 17.7 Å². The van der Waals surface area contributed by atoms with Crippen LogP contribution in [0.25, 0.3) is 0 Å². The summed E-state index contributed by atoms with van der Waals surface area (Å²) in [4.78, 5) is 11.8. The summed E-state index contributed by atoms with van der Waals surface area (Å²) in [6.07, 6.45) is 3.85. The average molecular weight is 301 g/mol. The standard InChI is InChI=1S/C16H31NO2S/c1-11(2)13(5)20-10-8-14-7-6-9-16(14,15(18)19)17-12(3)4/h11-14,17H,6-10H2,1-5H3,(H,18,19). The largest absolute Gasteiger partial charge is 0.480 e. The molecule has 1 fully saturated rings. The molecule has 3 nitrogen and oxygen atoms in total. The van der Waals surface area contributed by atoms with E-state index in [2.05, 4.69) is 26.1 Å². The molecule has 20 heavy (non-hydrogen) atoms. The number of hydrogen-bond donors (Lipinski definition) is 2. The van der Waals surface area contributed by atoms with Crippen LogP contribution in [0.1, 0.15) is 60.3 Å². The first-order chi connectivity index (χ1) is 9.29. The predicted octanol–water partition coefficient (Wildman–Crippen LogP) is 3.78. The molecule has 0 aromatic heterocycles. The van der Waals surface area contributed by atoms with E-state index >= 15 is 0 Å². The number of hydrogen-bond acceptors (Lipinski definition) is 3. The smallest absolute Gasteiger partial charge is 0.324 e. The van der Waals surface area contributed by atoms with Gasteiger partial charge in [0.05, 0.1) is 0 Å². The summed E-state index contributed by atoms with van der Waals surface area (Å²) in [6.45, 7) is 10.8. The normalized spacial score (nSPS) is 28.2. The quantitative estimate of drug-likeness (QED) is 0.716. The highest BCUT2D eigenvalue weighted by Gasteiger charge is 2.48. The van der Waals surface area contributed by atoms with Gasteiger partial charge in [-0.15, -0.1) is 0 Å². The zero-order valence-electron chi connectivity index (χ0n) is 13.6. The van der Waals surface area contributed by atoms with E-state index in [0.29, 0.717) is 11.2 Å².